The molecule has 0 bridgehead atoms. The van der Waals surface area contributed by atoms with Crippen molar-refractivity contribution < 1.29 is 9.18 Å². The maximum Gasteiger partial charge on any atom is 0.253 e. The summed E-state index contributed by atoms with van der Waals surface area (Å²) in [5.74, 6) is -0.795. The van der Waals surface area contributed by atoms with Gasteiger partial charge in [0, 0.05) is 18.6 Å². The van der Waals surface area contributed by atoms with E-state index in [-0.39, 0.29) is 17.2 Å². The highest BCUT2D eigenvalue weighted by Gasteiger charge is 2.13. The molecule has 2 aromatic rings. The highest BCUT2D eigenvalue weighted by molar-refractivity contribution is 6.30. The fraction of sp³-hybridized carbons (Fsp3) is 0.133. The lowest BCUT2D eigenvalue weighted by Gasteiger charge is -2.10. The summed E-state index contributed by atoms with van der Waals surface area (Å²) in [5.41, 5.74) is 1.35. The molecule has 20 heavy (non-hydrogen) atoms. The molecule has 5 heteroatoms. The van der Waals surface area contributed by atoms with Crippen LogP contribution in [0.3, 0.4) is 0 Å². The third-order valence-corrected chi connectivity index (χ3v) is 3.09. The van der Waals surface area contributed by atoms with Crippen LogP contribution in [0.15, 0.2) is 42.5 Å². The Labute approximate surface area is 121 Å². The van der Waals surface area contributed by atoms with E-state index in [2.05, 4.69) is 10.6 Å². The lowest BCUT2D eigenvalue weighted by molar-refractivity contribution is 0.0951. The molecular weight excluding hydrogens is 279 g/mol. The molecule has 0 unspecified atom stereocenters. The number of amides is 1. The fourth-order valence-electron chi connectivity index (χ4n) is 1.89. The van der Waals surface area contributed by atoms with Crippen molar-refractivity contribution in [3.8, 4) is 0 Å². The Morgan fingerprint density at radius 2 is 2.00 bits per heavy atom. The number of anilines is 1. The van der Waals surface area contributed by atoms with E-state index in [0.29, 0.717) is 11.6 Å². The van der Waals surface area contributed by atoms with Crippen molar-refractivity contribution in [1.82, 2.24) is 5.32 Å². The molecule has 0 radical (unpaired) electrons. The molecule has 2 rings (SSSR count). The number of benzene rings is 2. The van der Waals surface area contributed by atoms with Gasteiger partial charge in [-0.05, 0) is 29.8 Å². The van der Waals surface area contributed by atoms with E-state index in [0.717, 1.165) is 5.56 Å². The van der Waals surface area contributed by atoms with Crippen molar-refractivity contribution in [2.75, 3.05) is 12.4 Å². The summed E-state index contributed by atoms with van der Waals surface area (Å²) >= 11 is 5.87. The topological polar surface area (TPSA) is 41.1 Å². The fourth-order valence-corrected chi connectivity index (χ4v) is 2.10. The SMILES string of the molecule is CNc1c(F)cccc1C(=O)NCc1cccc(Cl)c1. The molecule has 0 atom stereocenters. The Kier molecular flexibility index (Phi) is 4.58. The van der Waals surface area contributed by atoms with Crippen LogP contribution in [-0.4, -0.2) is 13.0 Å². The lowest BCUT2D eigenvalue weighted by Crippen LogP contribution is -2.24. The van der Waals surface area contributed by atoms with E-state index in [1.165, 1.54) is 12.1 Å². The number of nitrogens with one attached hydrogen (secondary N) is 2. The van der Waals surface area contributed by atoms with Gasteiger partial charge in [-0.1, -0.05) is 29.8 Å². The van der Waals surface area contributed by atoms with Gasteiger partial charge in [-0.15, -0.1) is 0 Å². The smallest absolute Gasteiger partial charge is 0.253 e. The Morgan fingerprint density at radius 3 is 2.70 bits per heavy atom. The van der Waals surface area contributed by atoms with Crippen LogP contribution in [-0.2, 0) is 6.54 Å². The van der Waals surface area contributed by atoms with Crippen LogP contribution in [0.5, 0.6) is 0 Å². The maximum atomic E-state index is 13.6. The molecule has 0 fully saturated rings. The minimum Gasteiger partial charge on any atom is -0.385 e. The van der Waals surface area contributed by atoms with Gasteiger partial charge < -0.3 is 10.6 Å². The summed E-state index contributed by atoms with van der Waals surface area (Å²) in [5, 5.41) is 6.04. The second-order valence-corrected chi connectivity index (χ2v) is 4.66. The van der Waals surface area contributed by atoms with Crippen LogP contribution in [0, 0.1) is 5.82 Å². The predicted octanol–water partition coefficient (Wildman–Crippen LogP) is 3.45. The van der Waals surface area contributed by atoms with Crippen LogP contribution in [0.1, 0.15) is 15.9 Å². The van der Waals surface area contributed by atoms with Crippen molar-refractivity contribution in [1.29, 1.82) is 0 Å². The lowest BCUT2D eigenvalue weighted by atomic mass is 10.1. The van der Waals surface area contributed by atoms with Gasteiger partial charge in [0.05, 0.1) is 11.3 Å². The summed E-state index contributed by atoms with van der Waals surface area (Å²) in [4.78, 5) is 12.1. The zero-order valence-corrected chi connectivity index (χ0v) is 11.7. The zero-order chi connectivity index (χ0) is 14.5. The Balaban J connectivity index is 2.11. The van der Waals surface area contributed by atoms with E-state index in [4.69, 9.17) is 11.6 Å². The first-order valence-corrected chi connectivity index (χ1v) is 6.48. The number of para-hydroxylation sites is 1. The van der Waals surface area contributed by atoms with Gasteiger partial charge in [-0.25, -0.2) is 4.39 Å². The van der Waals surface area contributed by atoms with Gasteiger partial charge in [0.2, 0.25) is 0 Å². The van der Waals surface area contributed by atoms with Crippen LogP contribution in [0.25, 0.3) is 0 Å². The number of hydrogen-bond donors (Lipinski definition) is 2. The molecule has 3 nitrogen and oxygen atoms in total. The molecule has 0 aliphatic heterocycles. The van der Waals surface area contributed by atoms with Crippen LogP contribution in [0.4, 0.5) is 10.1 Å². The molecule has 2 N–H and O–H groups in total. The van der Waals surface area contributed by atoms with E-state index in [1.807, 2.05) is 12.1 Å². The first kappa shape index (κ1) is 14.3. The average Bonchev–Trinajstić information content (AvgIpc) is 2.44. The molecular formula is C15H14ClFN2O. The number of hydrogen-bond acceptors (Lipinski definition) is 2. The Bertz CT molecular complexity index is 631. The monoisotopic (exact) mass is 292 g/mol. The Hall–Kier alpha value is -2.07. The molecule has 104 valence electrons. The van der Waals surface area contributed by atoms with Crippen LogP contribution >= 0.6 is 11.6 Å². The number of rotatable bonds is 4. The van der Waals surface area contributed by atoms with E-state index in [1.54, 1.807) is 25.2 Å². The molecule has 0 heterocycles. The number of halogens is 2. The normalized spacial score (nSPS) is 10.2. The van der Waals surface area contributed by atoms with Gasteiger partial charge in [-0.3, -0.25) is 4.79 Å². The van der Waals surface area contributed by atoms with Crippen molar-refractivity contribution >= 4 is 23.2 Å². The summed E-state index contributed by atoms with van der Waals surface area (Å²) < 4.78 is 13.6. The third kappa shape index (κ3) is 3.27. The molecule has 0 saturated carbocycles. The minimum atomic E-state index is -0.456. The van der Waals surface area contributed by atoms with Crippen LogP contribution in [0.2, 0.25) is 5.02 Å². The highest BCUT2D eigenvalue weighted by Crippen LogP contribution is 2.19. The van der Waals surface area contributed by atoms with Gasteiger partial charge in [0.25, 0.3) is 5.91 Å². The van der Waals surface area contributed by atoms with Gasteiger partial charge in [0.1, 0.15) is 5.82 Å². The summed E-state index contributed by atoms with van der Waals surface area (Å²) in [6, 6.07) is 11.6. The molecule has 0 aliphatic carbocycles. The predicted molar refractivity (Wildman–Crippen MR) is 78.6 cm³/mol. The molecule has 0 saturated heterocycles. The molecule has 0 spiro atoms. The van der Waals surface area contributed by atoms with Crippen molar-refractivity contribution in [2.45, 2.75) is 6.54 Å². The highest BCUT2D eigenvalue weighted by atomic mass is 35.5. The molecule has 1 amide bonds. The van der Waals surface area contributed by atoms with Gasteiger partial charge in [-0.2, -0.15) is 0 Å². The number of carbonyl (C=O) groups is 1. The summed E-state index contributed by atoms with van der Waals surface area (Å²) in [7, 11) is 1.58. The summed E-state index contributed by atoms with van der Waals surface area (Å²) in [6.45, 7) is 0.332. The second-order valence-electron chi connectivity index (χ2n) is 4.22. The van der Waals surface area contributed by atoms with Crippen molar-refractivity contribution in [2.24, 2.45) is 0 Å². The van der Waals surface area contributed by atoms with E-state index in [9.17, 15) is 9.18 Å². The molecule has 2 aromatic carbocycles. The van der Waals surface area contributed by atoms with Crippen LogP contribution < -0.4 is 10.6 Å². The van der Waals surface area contributed by atoms with Gasteiger partial charge >= 0.3 is 0 Å². The maximum absolute atomic E-state index is 13.6. The first-order valence-electron chi connectivity index (χ1n) is 6.10. The largest absolute Gasteiger partial charge is 0.385 e. The molecule has 0 aromatic heterocycles. The standard InChI is InChI=1S/C15H14ClFN2O/c1-18-14-12(6-3-7-13(14)17)15(20)19-9-10-4-2-5-11(16)8-10/h2-8,18H,9H2,1H3,(H,19,20). The quantitative estimate of drug-likeness (QED) is 0.906. The Morgan fingerprint density at radius 1 is 1.25 bits per heavy atom. The zero-order valence-electron chi connectivity index (χ0n) is 10.9. The summed E-state index contributed by atoms with van der Waals surface area (Å²) in [6.07, 6.45) is 0. The van der Waals surface area contributed by atoms with Crippen molar-refractivity contribution in [3.05, 3.63) is 64.4 Å². The minimum absolute atomic E-state index is 0.191. The second kappa shape index (κ2) is 6.39. The van der Waals surface area contributed by atoms with E-state index < -0.39 is 5.82 Å². The third-order valence-electron chi connectivity index (χ3n) is 2.85. The van der Waals surface area contributed by atoms with Gasteiger partial charge in [0.15, 0.2) is 0 Å². The molecule has 0 aliphatic rings. The first-order chi connectivity index (χ1) is 9.61. The van der Waals surface area contributed by atoms with E-state index >= 15 is 0 Å². The van der Waals surface area contributed by atoms with Crippen molar-refractivity contribution in [3.63, 3.8) is 0 Å². The average molecular weight is 293 g/mol. The number of carbonyl (C=O) groups excluding carboxylic acids is 1.